The number of benzene rings is 2. The molecule has 1 heterocycles. The van der Waals surface area contributed by atoms with Gasteiger partial charge in [0.2, 0.25) is 0 Å². The first-order valence-electron chi connectivity index (χ1n) is 6.35. The van der Waals surface area contributed by atoms with Crippen LogP contribution in [0.4, 0.5) is 11.4 Å². The van der Waals surface area contributed by atoms with Crippen molar-refractivity contribution in [3.05, 3.63) is 60.2 Å². The number of rotatable bonds is 2. The van der Waals surface area contributed by atoms with E-state index in [2.05, 4.69) is 73.0 Å². The van der Waals surface area contributed by atoms with Crippen molar-refractivity contribution in [2.45, 2.75) is 25.4 Å². The molecule has 0 fully saturated rings. The number of anilines is 2. The van der Waals surface area contributed by atoms with Crippen LogP contribution in [0.2, 0.25) is 0 Å². The Labute approximate surface area is 108 Å². The Kier molecular flexibility index (Phi) is 2.51. The maximum atomic E-state index is 3.57. The Morgan fingerprint density at radius 1 is 0.944 bits per heavy atom. The zero-order valence-electron chi connectivity index (χ0n) is 10.8. The van der Waals surface area contributed by atoms with Crippen LogP contribution in [-0.4, -0.2) is 6.17 Å². The average Bonchev–Trinajstić information content (AvgIpc) is 2.63. The van der Waals surface area contributed by atoms with Crippen molar-refractivity contribution < 1.29 is 0 Å². The molecule has 2 nitrogen and oxygen atoms in total. The van der Waals surface area contributed by atoms with Gasteiger partial charge in [-0.1, -0.05) is 50.2 Å². The van der Waals surface area contributed by atoms with Gasteiger partial charge in [0.05, 0.1) is 0 Å². The lowest BCUT2D eigenvalue weighted by molar-refractivity contribution is 0.495. The standard InChI is InChI=1S/C16H18N2/c1-16(2)13-10-6-7-11-14(13)18-15(16)17-12-8-4-3-5-9-12/h3-11,15,17-18H,1-2H3. The van der Waals surface area contributed by atoms with Crippen LogP contribution >= 0.6 is 0 Å². The van der Waals surface area contributed by atoms with E-state index in [4.69, 9.17) is 0 Å². The Hall–Kier alpha value is -1.96. The lowest BCUT2D eigenvalue weighted by Crippen LogP contribution is -2.39. The second-order valence-electron chi connectivity index (χ2n) is 5.35. The lowest BCUT2D eigenvalue weighted by atomic mass is 9.84. The third-order valence-electron chi connectivity index (χ3n) is 3.73. The van der Waals surface area contributed by atoms with E-state index in [0.717, 1.165) is 5.69 Å². The van der Waals surface area contributed by atoms with E-state index >= 15 is 0 Å². The molecular formula is C16H18N2. The summed E-state index contributed by atoms with van der Waals surface area (Å²) in [4.78, 5) is 0. The molecule has 18 heavy (non-hydrogen) atoms. The molecule has 1 atom stereocenters. The molecule has 0 aliphatic carbocycles. The highest BCUT2D eigenvalue weighted by Crippen LogP contribution is 2.40. The molecule has 3 rings (SSSR count). The van der Waals surface area contributed by atoms with Crippen LogP contribution in [0, 0.1) is 0 Å². The average molecular weight is 238 g/mol. The molecule has 92 valence electrons. The first-order valence-corrected chi connectivity index (χ1v) is 6.35. The minimum atomic E-state index is 0.0758. The van der Waals surface area contributed by atoms with Crippen molar-refractivity contribution in [3.63, 3.8) is 0 Å². The van der Waals surface area contributed by atoms with E-state index in [1.54, 1.807) is 0 Å². The molecular weight excluding hydrogens is 220 g/mol. The molecule has 0 spiro atoms. The van der Waals surface area contributed by atoms with Crippen molar-refractivity contribution in [2.75, 3.05) is 10.6 Å². The monoisotopic (exact) mass is 238 g/mol. The number of hydrogen-bond acceptors (Lipinski definition) is 2. The second-order valence-corrected chi connectivity index (χ2v) is 5.35. The van der Waals surface area contributed by atoms with Gasteiger partial charge < -0.3 is 10.6 Å². The summed E-state index contributed by atoms with van der Waals surface area (Å²) in [6.07, 6.45) is 0.220. The predicted octanol–water partition coefficient (Wildman–Crippen LogP) is 3.83. The van der Waals surface area contributed by atoms with Gasteiger partial charge in [0.1, 0.15) is 6.17 Å². The largest absolute Gasteiger partial charge is 0.365 e. The van der Waals surface area contributed by atoms with Gasteiger partial charge in [0, 0.05) is 16.8 Å². The maximum absolute atomic E-state index is 3.57. The highest BCUT2D eigenvalue weighted by Gasteiger charge is 2.38. The van der Waals surface area contributed by atoms with Crippen molar-refractivity contribution in [1.82, 2.24) is 0 Å². The highest BCUT2D eigenvalue weighted by molar-refractivity contribution is 5.63. The van der Waals surface area contributed by atoms with Crippen LogP contribution in [0.5, 0.6) is 0 Å². The van der Waals surface area contributed by atoms with Gasteiger partial charge in [-0.2, -0.15) is 0 Å². The Morgan fingerprint density at radius 2 is 1.61 bits per heavy atom. The number of para-hydroxylation sites is 2. The molecule has 0 saturated heterocycles. The summed E-state index contributed by atoms with van der Waals surface area (Å²) in [6, 6.07) is 18.9. The Balaban J connectivity index is 1.89. The fraction of sp³-hybridized carbons (Fsp3) is 0.250. The maximum Gasteiger partial charge on any atom is 0.106 e. The summed E-state index contributed by atoms with van der Waals surface area (Å²) in [5.74, 6) is 0. The summed E-state index contributed by atoms with van der Waals surface area (Å²) < 4.78 is 0. The third kappa shape index (κ3) is 1.74. The number of fused-ring (bicyclic) bond motifs is 1. The molecule has 0 amide bonds. The zero-order chi connectivity index (χ0) is 12.6. The van der Waals surface area contributed by atoms with Crippen LogP contribution in [0.3, 0.4) is 0 Å². The molecule has 2 heteroatoms. The fourth-order valence-electron chi connectivity index (χ4n) is 2.58. The molecule has 2 aromatic carbocycles. The molecule has 0 aromatic heterocycles. The van der Waals surface area contributed by atoms with Gasteiger partial charge in [0.25, 0.3) is 0 Å². The van der Waals surface area contributed by atoms with Crippen molar-refractivity contribution in [1.29, 1.82) is 0 Å². The van der Waals surface area contributed by atoms with Crippen LogP contribution in [0.1, 0.15) is 19.4 Å². The topological polar surface area (TPSA) is 24.1 Å². The molecule has 1 unspecified atom stereocenters. The molecule has 1 aliphatic heterocycles. The number of nitrogens with one attached hydrogen (secondary N) is 2. The quantitative estimate of drug-likeness (QED) is 0.831. The van der Waals surface area contributed by atoms with E-state index in [-0.39, 0.29) is 11.6 Å². The summed E-state index contributed by atoms with van der Waals surface area (Å²) in [5, 5.41) is 7.13. The zero-order valence-corrected chi connectivity index (χ0v) is 10.8. The van der Waals surface area contributed by atoms with Crippen LogP contribution in [0.15, 0.2) is 54.6 Å². The van der Waals surface area contributed by atoms with Gasteiger partial charge in [-0.25, -0.2) is 0 Å². The first kappa shape index (κ1) is 11.1. The molecule has 1 aliphatic rings. The van der Waals surface area contributed by atoms with E-state index in [0.29, 0.717) is 0 Å². The smallest absolute Gasteiger partial charge is 0.106 e. The molecule has 0 bridgehead atoms. The van der Waals surface area contributed by atoms with Crippen LogP contribution in [0.25, 0.3) is 0 Å². The van der Waals surface area contributed by atoms with Crippen molar-refractivity contribution in [2.24, 2.45) is 0 Å². The fourth-order valence-corrected chi connectivity index (χ4v) is 2.58. The molecule has 0 radical (unpaired) electrons. The minimum Gasteiger partial charge on any atom is -0.365 e. The second kappa shape index (κ2) is 4.05. The van der Waals surface area contributed by atoms with Gasteiger partial charge >= 0.3 is 0 Å². The summed E-state index contributed by atoms with van der Waals surface area (Å²) >= 11 is 0. The van der Waals surface area contributed by atoms with Crippen LogP contribution < -0.4 is 10.6 Å². The molecule has 2 N–H and O–H groups in total. The van der Waals surface area contributed by atoms with Gasteiger partial charge in [-0.05, 0) is 23.8 Å². The van der Waals surface area contributed by atoms with Gasteiger partial charge in [0.15, 0.2) is 0 Å². The van der Waals surface area contributed by atoms with Crippen molar-refractivity contribution >= 4 is 11.4 Å². The van der Waals surface area contributed by atoms with E-state index in [1.165, 1.54) is 11.3 Å². The summed E-state index contributed by atoms with van der Waals surface area (Å²) in [5.41, 5.74) is 3.83. The van der Waals surface area contributed by atoms with E-state index in [1.807, 2.05) is 6.07 Å². The SMILES string of the molecule is CC1(C)c2ccccc2NC1Nc1ccccc1. The predicted molar refractivity (Wildman–Crippen MR) is 76.9 cm³/mol. The normalized spacial score (nSPS) is 20.0. The van der Waals surface area contributed by atoms with Gasteiger partial charge in [-0.15, -0.1) is 0 Å². The number of hydrogen-bond donors (Lipinski definition) is 2. The Morgan fingerprint density at radius 3 is 2.33 bits per heavy atom. The highest BCUT2D eigenvalue weighted by atomic mass is 15.2. The Bertz CT molecular complexity index is 546. The van der Waals surface area contributed by atoms with Crippen LogP contribution in [-0.2, 0) is 5.41 Å². The minimum absolute atomic E-state index is 0.0758. The summed E-state index contributed by atoms with van der Waals surface area (Å²) in [7, 11) is 0. The third-order valence-corrected chi connectivity index (χ3v) is 3.73. The lowest BCUT2D eigenvalue weighted by Gasteiger charge is -2.29. The summed E-state index contributed by atoms with van der Waals surface area (Å²) in [6.45, 7) is 4.54. The van der Waals surface area contributed by atoms with Crippen molar-refractivity contribution in [3.8, 4) is 0 Å². The first-order chi connectivity index (χ1) is 8.68. The van der Waals surface area contributed by atoms with E-state index in [9.17, 15) is 0 Å². The van der Waals surface area contributed by atoms with Gasteiger partial charge in [-0.3, -0.25) is 0 Å². The molecule has 2 aromatic rings. The van der Waals surface area contributed by atoms with E-state index < -0.39 is 0 Å². The molecule has 0 saturated carbocycles.